The van der Waals surface area contributed by atoms with E-state index in [1.165, 1.54) is 6.07 Å². The lowest BCUT2D eigenvalue weighted by molar-refractivity contribution is -0.137. The molecule has 0 saturated carbocycles. The number of halogens is 3. The molecular formula is C12H17F3N2. The predicted molar refractivity (Wildman–Crippen MR) is 61.8 cm³/mol. The van der Waals surface area contributed by atoms with Crippen LogP contribution in [0.5, 0.6) is 0 Å². The van der Waals surface area contributed by atoms with Gasteiger partial charge in [0.05, 0.1) is 5.56 Å². The quantitative estimate of drug-likeness (QED) is 0.865. The Hall–Kier alpha value is -1.26. The Bertz CT molecular complexity index is 355. The first-order valence-corrected chi connectivity index (χ1v) is 5.56. The Kier molecular flexibility index (Phi) is 4.01. The fraction of sp³-hybridized carbons (Fsp3) is 0.583. The van der Waals surface area contributed by atoms with E-state index in [1.807, 2.05) is 13.8 Å². The minimum absolute atomic E-state index is 0.165. The molecule has 0 bridgehead atoms. The molecule has 0 spiro atoms. The van der Waals surface area contributed by atoms with Crippen molar-refractivity contribution in [1.82, 2.24) is 4.98 Å². The highest BCUT2D eigenvalue weighted by Crippen LogP contribution is 2.29. The van der Waals surface area contributed by atoms with Crippen LogP contribution in [-0.4, -0.2) is 10.5 Å². The molecule has 0 aliphatic heterocycles. The highest BCUT2D eigenvalue weighted by atomic mass is 19.4. The number of anilines is 1. The van der Waals surface area contributed by atoms with Gasteiger partial charge in [-0.05, 0) is 32.4 Å². The van der Waals surface area contributed by atoms with Crippen molar-refractivity contribution in [3.8, 4) is 0 Å². The van der Waals surface area contributed by atoms with E-state index in [0.29, 0.717) is 5.82 Å². The van der Waals surface area contributed by atoms with Gasteiger partial charge in [-0.1, -0.05) is 13.3 Å². The fourth-order valence-electron chi connectivity index (χ4n) is 1.67. The summed E-state index contributed by atoms with van der Waals surface area (Å²) in [4.78, 5) is 3.78. The van der Waals surface area contributed by atoms with E-state index in [0.717, 1.165) is 25.1 Å². The van der Waals surface area contributed by atoms with Crippen LogP contribution in [0.4, 0.5) is 19.0 Å². The maximum atomic E-state index is 12.3. The summed E-state index contributed by atoms with van der Waals surface area (Å²) >= 11 is 0. The van der Waals surface area contributed by atoms with Gasteiger partial charge in [-0.3, -0.25) is 0 Å². The maximum Gasteiger partial charge on any atom is 0.417 e. The topological polar surface area (TPSA) is 24.9 Å². The van der Waals surface area contributed by atoms with Gasteiger partial charge in [-0.15, -0.1) is 0 Å². The molecule has 0 saturated heterocycles. The monoisotopic (exact) mass is 246 g/mol. The summed E-state index contributed by atoms with van der Waals surface area (Å²) in [6, 6.07) is 2.40. The molecule has 1 rings (SSSR count). The Morgan fingerprint density at radius 1 is 1.24 bits per heavy atom. The van der Waals surface area contributed by atoms with Crippen molar-refractivity contribution < 1.29 is 13.2 Å². The molecule has 0 aliphatic carbocycles. The number of alkyl halides is 3. The minimum atomic E-state index is -4.33. The van der Waals surface area contributed by atoms with E-state index >= 15 is 0 Å². The molecule has 0 fully saturated rings. The van der Waals surface area contributed by atoms with Crippen LogP contribution in [0.3, 0.4) is 0 Å². The molecule has 0 radical (unpaired) electrons. The minimum Gasteiger partial charge on any atom is -0.365 e. The predicted octanol–water partition coefficient (Wildman–Crippen LogP) is 4.09. The van der Waals surface area contributed by atoms with Gasteiger partial charge < -0.3 is 5.32 Å². The molecule has 1 aromatic rings. The highest BCUT2D eigenvalue weighted by molar-refractivity contribution is 5.38. The number of rotatable bonds is 4. The number of hydrogen-bond donors (Lipinski definition) is 1. The first-order chi connectivity index (χ1) is 7.74. The van der Waals surface area contributed by atoms with Crippen molar-refractivity contribution in [2.75, 3.05) is 5.32 Å². The van der Waals surface area contributed by atoms with Crippen LogP contribution in [0.2, 0.25) is 0 Å². The summed E-state index contributed by atoms with van der Waals surface area (Å²) in [5.41, 5.74) is -0.891. The van der Waals surface area contributed by atoms with Gasteiger partial charge in [-0.2, -0.15) is 13.2 Å². The zero-order chi connectivity index (χ0) is 13.1. The SMILES string of the molecule is CCCC(C)(C)Nc1ccc(C(F)(F)F)cn1. The molecule has 17 heavy (non-hydrogen) atoms. The average molecular weight is 246 g/mol. The summed E-state index contributed by atoms with van der Waals surface area (Å²) in [7, 11) is 0. The molecule has 96 valence electrons. The number of nitrogens with zero attached hydrogens (tertiary/aromatic N) is 1. The highest BCUT2D eigenvalue weighted by Gasteiger charge is 2.30. The molecule has 0 atom stereocenters. The standard InChI is InChI=1S/C12H17F3N2/c1-4-7-11(2,3)17-10-6-5-9(8-16-10)12(13,14)15/h5-6,8H,4,7H2,1-3H3,(H,16,17). The van der Waals surface area contributed by atoms with E-state index in [9.17, 15) is 13.2 Å². The summed E-state index contributed by atoms with van der Waals surface area (Å²) in [5.74, 6) is 0.469. The van der Waals surface area contributed by atoms with Crippen LogP contribution in [-0.2, 0) is 6.18 Å². The molecule has 0 amide bonds. The molecule has 0 aromatic carbocycles. The third-order valence-corrected chi connectivity index (χ3v) is 2.43. The molecule has 5 heteroatoms. The van der Waals surface area contributed by atoms with Crippen molar-refractivity contribution >= 4 is 5.82 Å². The van der Waals surface area contributed by atoms with Gasteiger partial charge in [0.1, 0.15) is 5.82 Å². The Morgan fingerprint density at radius 3 is 2.29 bits per heavy atom. The van der Waals surface area contributed by atoms with Gasteiger partial charge >= 0.3 is 6.18 Å². The van der Waals surface area contributed by atoms with E-state index in [4.69, 9.17) is 0 Å². The van der Waals surface area contributed by atoms with Crippen molar-refractivity contribution in [2.45, 2.75) is 45.3 Å². The summed E-state index contributed by atoms with van der Waals surface area (Å²) in [5, 5.41) is 3.12. The Morgan fingerprint density at radius 2 is 1.88 bits per heavy atom. The van der Waals surface area contributed by atoms with E-state index < -0.39 is 11.7 Å². The lowest BCUT2D eigenvalue weighted by Gasteiger charge is -2.26. The largest absolute Gasteiger partial charge is 0.417 e. The van der Waals surface area contributed by atoms with Gasteiger partial charge in [0.15, 0.2) is 0 Å². The van der Waals surface area contributed by atoms with Crippen LogP contribution in [0, 0.1) is 0 Å². The summed E-state index contributed by atoms with van der Waals surface area (Å²) in [6.07, 6.45) is -1.55. The number of aromatic nitrogens is 1. The van der Waals surface area contributed by atoms with Gasteiger partial charge in [0.2, 0.25) is 0 Å². The van der Waals surface area contributed by atoms with Crippen molar-refractivity contribution in [3.05, 3.63) is 23.9 Å². The molecule has 1 N–H and O–H groups in total. The second kappa shape index (κ2) is 4.94. The van der Waals surface area contributed by atoms with Gasteiger partial charge in [0, 0.05) is 11.7 Å². The molecule has 1 heterocycles. The normalized spacial score (nSPS) is 12.6. The van der Waals surface area contributed by atoms with E-state index in [2.05, 4.69) is 17.2 Å². The van der Waals surface area contributed by atoms with Crippen LogP contribution >= 0.6 is 0 Å². The molecule has 1 aromatic heterocycles. The third kappa shape index (κ3) is 4.24. The third-order valence-electron chi connectivity index (χ3n) is 2.43. The zero-order valence-electron chi connectivity index (χ0n) is 10.2. The Labute approximate surface area is 99.3 Å². The molecular weight excluding hydrogens is 229 g/mol. The van der Waals surface area contributed by atoms with Crippen LogP contribution in [0.1, 0.15) is 39.2 Å². The fourth-order valence-corrected chi connectivity index (χ4v) is 1.67. The molecule has 2 nitrogen and oxygen atoms in total. The van der Waals surface area contributed by atoms with E-state index in [1.54, 1.807) is 0 Å². The molecule has 0 unspecified atom stereocenters. The first-order valence-electron chi connectivity index (χ1n) is 5.56. The van der Waals surface area contributed by atoms with Crippen molar-refractivity contribution in [2.24, 2.45) is 0 Å². The summed E-state index contributed by atoms with van der Waals surface area (Å²) < 4.78 is 37.0. The molecule has 0 aliphatic rings. The Balaban J connectivity index is 2.75. The van der Waals surface area contributed by atoms with Crippen LogP contribution < -0.4 is 5.32 Å². The van der Waals surface area contributed by atoms with Crippen LogP contribution in [0.25, 0.3) is 0 Å². The smallest absolute Gasteiger partial charge is 0.365 e. The number of pyridine rings is 1. The van der Waals surface area contributed by atoms with Crippen molar-refractivity contribution in [1.29, 1.82) is 0 Å². The van der Waals surface area contributed by atoms with Crippen molar-refractivity contribution in [3.63, 3.8) is 0 Å². The zero-order valence-corrected chi connectivity index (χ0v) is 10.2. The lowest BCUT2D eigenvalue weighted by Crippen LogP contribution is -2.30. The second-order valence-electron chi connectivity index (χ2n) is 4.69. The first kappa shape index (κ1) is 13.8. The number of nitrogens with one attached hydrogen (secondary N) is 1. The van der Waals surface area contributed by atoms with Gasteiger partial charge in [-0.25, -0.2) is 4.98 Å². The maximum absolute atomic E-state index is 12.3. The van der Waals surface area contributed by atoms with E-state index in [-0.39, 0.29) is 5.54 Å². The average Bonchev–Trinajstić information content (AvgIpc) is 2.16. The summed E-state index contributed by atoms with van der Waals surface area (Å²) in [6.45, 7) is 6.05. The second-order valence-corrected chi connectivity index (χ2v) is 4.69. The van der Waals surface area contributed by atoms with Crippen LogP contribution in [0.15, 0.2) is 18.3 Å². The number of hydrogen-bond acceptors (Lipinski definition) is 2. The van der Waals surface area contributed by atoms with Gasteiger partial charge in [0.25, 0.3) is 0 Å². The lowest BCUT2D eigenvalue weighted by atomic mass is 9.99.